The molecule has 3 nitrogen and oxygen atoms in total. The van der Waals surface area contributed by atoms with E-state index in [4.69, 9.17) is 5.73 Å². The third-order valence-corrected chi connectivity index (χ3v) is 2.23. The summed E-state index contributed by atoms with van der Waals surface area (Å²) in [5, 5.41) is 3.51. The minimum Gasteiger partial charge on any atom is -0.383 e. The summed E-state index contributed by atoms with van der Waals surface area (Å²) in [6.45, 7) is 0.279. The Bertz CT molecular complexity index is 284. The molecule has 1 heterocycles. The van der Waals surface area contributed by atoms with Gasteiger partial charge in [0.15, 0.2) is 0 Å². The smallest absolute Gasteiger partial charge is 0.383 e. The molecule has 1 aromatic heterocycles. The number of hydrogen-bond acceptors (Lipinski definition) is 4. The van der Waals surface area contributed by atoms with Crippen molar-refractivity contribution >= 4 is 22.4 Å². The summed E-state index contributed by atoms with van der Waals surface area (Å²) in [6, 6.07) is 1.60. The number of hydrogen-bond donors (Lipinski definition) is 2. The minimum atomic E-state index is -4.07. The van der Waals surface area contributed by atoms with Gasteiger partial charge in [-0.05, 0) is 18.0 Å². The van der Waals surface area contributed by atoms with Crippen molar-refractivity contribution in [2.75, 3.05) is 17.6 Å². The van der Waals surface area contributed by atoms with Crippen molar-refractivity contribution in [2.24, 2.45) is 0 Å². The van der Waals surface area contributed by atoms with Crippen LogP contribution in [-0.2, 0) is 0 Å². The van der Waals surface area contributed by atoms with Crippen LogP contribution in [0.15, 0.2) is 6.07 Å². The van der Waals surface area contributed by atoms with Crippen molar-refractivity contribution in [2.45, 2.75) is 19.0 Å². The number of nitrogen functional groups attached to an aromatic ring is 1. The molecule has 0 aliphatic heterocycles. The average molecular weight is 225 g/mol. The normalized spacial score (nSPS) is 11.6. The molecular weight excluding hydrogens is 215 g/mol. The predicted octanol–water partition coefficient (Wildman–Crippen LogP) is 2.48. The summed E-state index contributed by atoms with van der Waals surface area (Å²) in [5.74, 6) is 0.383. The van der Waals surface area contributed by atoms with Crippen molar-refractivity contribution in [3.8, 4) is 0 Å². The van der Waals surface area contributed by atoms with E-state index >= 15 is 0 Å². The number of nitrogens with two attached hydrogens (primary N) is 1. The first-order chi connectivity index (χ1) is 6.47. The van der Waals surface area contributed by atoms with Crippen LogP contribution < -0.4 is 11.1 Å². The molecular formula is C7H10F3N3S. The summed E-state index contributed by atoms with van der Waals surface area (Å²) in [4.78, 5) is 0. The summed E-state index contributed by atoms with van der Waals surface area (Å²) >= 11 is 1.14. The van der Waals surface area contributed by atoms with Gasteiger partial charge in [-0.25, -0.2) is 0 Å². The Balaban J connectivity index is 2.16. The second-order valence-corrected chi connectivity index (χ2v) is 3.57. The molecule has 80 valence electrons. The lowest BCUT2D eigenvalue weighted by molar-refractivity contribution is -0.134. The van der Waals surface area contributed by atoms with Crippen LogP contribution in [0.3, 0.4) is 0 Å². The number of anilines is 2. The van der Waals surface area contributed by atoms with E-state index in [1.165, 1.54) is 0 Å². The van der Waals surface area contributed by atoms with Gasteiger partial charge in [0.1, 0.15) is 10.8 Å². The van der Waals surface area contributed by atoms with Crippen molar-refractivity contribution in [1.82, 2.24) is 4.37 Å². The van der Waals surface area contributed by atoms with E-state index in [1.54, 1.807) is 6.07 Å². The van der Waals surface area contributed by atoms with E-state index in [2.05, 4.69) is 9.69 Å². The highest BCUT2D eigenvalue weighted by molar-refractivity contribution is 7.10. The van der Waals surface area contributed by atoms with E-state index in [0.717, 1.165) is 11.5 Å². The predicted molar refractivity (Wildman–Crippen MR) is 50.3 cm³/mol. The molecule has 0 aliphatic rings. The summed E-state index contributed by atoms with van der Waals surface area (Å²) in [5.41, 5.74) is 5.33. The zero-order valence-corrected chi connectivity index (χ0v) is 8.08. The minimum absolute atomic E-state index is 0.0568. The Hall–Kier alpha value is -0.980. The van der Waals surface area contributed by atoms with Crippen LogP contribution in [0.1, 0.15) is 12.8 Å². The molecule has 0 radical (unpaired) electrons. The van der Waals surface area contributed by atoms with Gasteiger partial charge in [0.05, 0.1) is 0 Å². The lowest BCUT2D eigenvalue weighted by Gasteiger charge is -2.05. The maximum Gasteiger partial charge on any atom is 0.389 e. The SMILES string of the molecule is Nc1cc(NCCCC(F)(F)F)sn1. The van der Waals surface area contributed by atoms with Crippen molar-refractivity contribution in [3.05, 3.63) is 6.07 Å². The van der Waals surface area contributed by atoms with E-state index in [-0.39, 0.29) is 13.0 Å². The van der Waals surface area contributed by atoms with Crippen molar-refractivity contribution in [1.29, 1.82) is 0 Å². The highest BCUT2D eigenvalue weighted by Gasteiger charge is 2.25. The molecule has 7 heteroatoms. The first kappa shape index (κ1) is 11.1. The van der Waals surface area contributed by atoms with Gasteiger partial charge in [-0.15, -0.1) is 0 Å². The van der Waals surface area contributed by atoms with E-state index in [0.29, 0.717) is 10.8 Å². The number of nitrogens with zero attached hydrogens (tertiary/aromatic N) is 1. The van der Waals surface area contributed by atoms with Gasteiger partial charge < -0.3 is 11.1 Å². The molecule has 0 saturated carbocycles. The Kier molecular flexibility index (Phi) is 3.56. The van der Waals surface area contributed by atoms with Gasteiger partial charge in [-0.3, -0.25) is 0 Å². The van der Waals surface area contributed by atoms with E-state index in [1.807, 2.05) is 0 Å². The zero-order valence-electron chi connectivity index (χ0n) is 7.27. The van der Waals surface area contributed by atoms with Gasteiger partial charge in [-0.2, -0.15) is 17.5 Å². The number of aromatic nitrogens is 1. The molecule has 1 rings (SSSR count). The van der Waals surface area contributed by atoms with Gasteiger partial charge in [0.2, 0.25) is 0 Å². The number of nitrogens with one attached hydrogen (secondary N) is 1. The van der Waals surface area contributed by atoms with Gasteiger partial charge >= 0.3 is 6.18 Å². The lowest BCUT2D eigenvalue weighted by Crippen LogP contribution is -2.10. The molecule has 0 bridgehead atoms. The maximum absolute atomic E-state index is 11.7. The standard InChI is InChI=1S/C7H10F3N3S/c8-7(9,10)2-1-3-12-6-4-5(11)13-14-6/h4,12H,1-3H2,(H2,11,13). The molecule has 0 atom stereocenters. The lowest BCUT2D eigenvalue weighted by atomic mass is 10.3. The van der Waals surface area contributed by atoms with Crippen molar-refractivity contribution < 1.29 is 13.2 Å². The largest absolute Gasteiger partial charge is 0.389 e. The van der Waals surface area contributed by atoms with Crippen LogP contribution in [-0.4, -0.2) is 17.1 Å². The fourth-order valence-corrected chi connectivity index (χ4v) is 1.47. The molecule has 0 amide bonds. The average Bonchev–Trinajstić information content (AvgIpc) is 2.44. The molecule has 0 spiro atoms. The number of halogens is 3. The molecule has 0 aliphatic carbocycles. The molecule has 1 aromatic rings. The third kappa shape index (κ3) is 4.31. The maximum atomic E-state index is 11.7. The summed E-state index contributed by atoms with van der Waals surface area (Å²) < 4.78 is 39.0. The molecule has 0 saturated heterocycles. The second-order valence-electron chi connectivity index (χ2n) is 2.76. The van der Waals surface area contributed by atoms with Gasteiger partial charge in [0.25, 0.3) is 0 Å². The number of rotatable bonds is 4. The van der Waals surface area contributed by atoms with Crippen LogP contribution in [0, 0.1) is 0 Å². The second kappa shape index (κ2) is 4.50. The van der Waals surface area contributed by atoms with Crippen LogP contribution in [0.25, 0.3) is 0 Å². The fourth-order valence-electron chi connectivity index (χ4n) is 0.873. The molecule has 0 unspecified atom stereocenters. The van der Waals surface area contributed by atoms with Crippen molar-refractivity contribution in [3.63, 3.8) is 0 Å². The Labute approximate surface area is 83.3 Å². The quantitative estimate of drug-likeness (QED) is 0.774. The van der Waals surface area contributed by atoms with Gasteiger partial charge in [-0.1, -0.05) is 0 Å². The zero-order chi connectivity index (χ0) is 10.6. The molecule has 0 fully saturated rings. The first-order valence-electron chi connectivity index (χ1n) is 4.00. The Morgan fingerprint density at radius 1 is 1.50 bits per heavy atom. The Morgan fingerprint density at radius 2 is 2.21 bits per heavy atom. The van der Waals surface area contributed by atoms with Crippen LogP contribution in [0.4, 0.5) is 24.0 Å². The van der Waals surface area contributed by atoms with E-state index in [9.17, 15) is 13.2 Å². The molecule has 0 aromatic carbocycles. The topological polar surface area (TPSA) is 50.9 Å². The van der Waals surface area contributed by atoms with E-state index < -0.39 is 12.6 Å². The molecule has 14 heavy (non-hydrogen) atoms. The Morgan fingerprint density at radius 3 is 2.71 bits per heavy atom. The fraction of sp³-hybridized carbons (Fsp3) is 0.571. The van der Waals surface area contributed by atoms with Gasteiger partial charge in [0, 0.05) is 19.0 Å². The number of alkyl halides is 3. The van der Waals surface area contributed by atoms with Crippen LogP contribution in [0.5, 0.6) is 0 Å². The highest BCUT2D eigenvalue weighted by atomic mass is 32.1. The van der Waals surface area contributed by atoms with Crippen LogP contribution in [0.2, 0.25) is 0 Å². The first-order valence-corrected chi connectivity index (χ1v) is 4.77. The highest BCUT2D eigenvalue weighted by Crippen LogP contribution is 2.22. The monoisotopic (exact) mass is 225 g/mol. The summed E-state index contributed by atoms with van der Waals surface area (Å²) in [7, 11) is 0. The summed E-state index contributed by atoms with van der Waals surface area (Å²) in [6.07, 6.45) is -4.79. The molecule has 3 N–H and O–H groups in total. The third-order valence-electron chi connectivity index (χ3n) is 1.46. The van der Waals surface area contributed by atoms with Crippen LogP contribution >= 0.6 is 11.5 Å².